The molecule has 1 heterocycles. The van der Waals surface area contributed by atoms with E-state index in [-0.39, 0.29) is 0 Å². The van der Waals surface area contributed by atoms with Gasteiger partial charge < -0.3 is 4.90 Å². The first-order chi connectivity index (χ1) is 11.2. The van der Waals surface area contributed by atoms with E-state index in [1.54, 1.807) is 0 Å². The Kier molecular flexibility index (Phi) is 5.14. The first kappa shape index (κ1) is 16.2. The lowest BCUT2D eigenvalue weighted by atomic mass is 9.80. The van der Waals surface area contributed by atoms with Gasteiger partial charge in [0.15, 0.2) is 0 Å². The van der Waals surface area contributed by atoms with Crippen LogP contribution in [-0.4, -0.2) is 42.5 Å². The normalized spacial score (nSPS) is 18.2. The molecule has 0 radical (unpaired) electrons. The molecule has 3 rings (SSSR count). The fourth-order valence-corrected chi connectivity index (χ4v) is 3.73. The van der Waals surface area contributed by atoms with E-state index in [4.69, 9.17) is 0 Å². The molecule has 0 atom stereocenters. The first-order valence-corrected chi connectivity index (χ1v) is 8.66. The second-order valence-corrected chi connectivity index (χ2v) is 7.04. The maximum Gasteiger partial charge on any atom is 0.0268 e. The maximum absolute atomic E-state index is 2.60. The largest absolute Gasteiger partial charge is 0.303 e. The predicted molar refractivity (Wildman–Crippen MR) is 97.5 cm³/mol. The van der Waals surface area contributed by atoms with Crippen LogP contribution in [0.3, 0.4) is 0 Å². The van der Waals surface area contributed by atoms with Gasteiger partial charge in [-0.05, 0) is 44.5 Å². The van der Waals surface area contributed by atoms with Crippen LogP contribution in [-0.2, 0) is 13.0 Å². The van der Waals surface area contributed by atoms with E-state index in [9.17, 15) is 0 Å². The van der Waals surface area contributed by atoms with Gasteiger partial charge in [-0.1, -0.05) is 60.7 Å². The van der Waals surface area contributed by atoms with Gasteiger partial charge >= 0.3 is 0 Å². The summed E-state index contributed by atoms with van der Waals surface area (Å²) in [7, 11) is 4.49. The highest BCUT2D eigenvalue weighted by Gasteiger charge is 2.36. The number of piperidine rings is 1. The number of benzene rings is 2. The minimum absolute atomic E-state index is 0.300. The fourth-order valence-electron chi connectivity index (χ4n) is 3.73. The van der Waals surface area contributed by atoms with Gasteiger partial charge in [-0.25, -0.2) is 0 Å². The van der Waals surface area contributed by atoms with E-state index in [0.29, 0.717) is 5.54 Å². The molecule has 0 N–H and O–H groups in total. The molecule has 0 unspecified atom stereocenters. The fraction of sp³-hybridized carbons (Fsp3) is 0.429. The number of likely N-dealkylation sites (tertiary alicyclic amines) is 1. The third kappa shape index (κ3) is 4.01. The molecule has 2 aromatic rings. The van der Waals surface area contributed by atoms with Gasteiger partial charge in [-0.2, -0.15) is 0 Å². The van der Waals surface area contributed by atoms with E-state index >= 15 is 0 Å². The summed E-state index contributed by atoms with van der Waals surface area (Å²) < 4.78 is 0. The third-order valence-corrected chi connectivity index (χ3v) is 5.36. The Hall–Kier alpha value is -1.64. The topological polar surface area (TPSA) is 6.48 Å². The molecule has 0 saturated carbocycles. The van der Waals surface area contributed by atoms with Gasteiger partial charge in [0, 0.05) is 25.2 Å². The van der Waals surface area contributed by atoms with Crippen LogP contribution in [0, 0.1) is 0 Å². The molecule has 2 nitrogen and oxygen atoms in total. The summed E-state index contributed by atoms with van der Waals surface area (Å²) in [6.45, 7) is 3.44. The third-order valence-electron chi connectivity index (χ3n) is 5.36. The Balaban J connectivity index is 1.64. The molecule has 1 fully saturated rings. The van der Waals surface area contributed by atoms with Crippen molar-refractivity contribution in [1.29, 1.82) is 0 Å². The molecule has 1 aliphatic heterocycles. The molecular weight excluding hydrogens is 280 g/mol. The van der Waals surface area contributed by atoms with Crippen molar-refractivity contribution in [2.45, 2.75) is 31.3 Å². The molecule has 23 heavy (non-hydrogen) atoms. The van der Waals surface area contributed by atoms with Crippen molar-refractivity contribution in [3.8, 4) is 0 Å². The highest BCUT2D eigenvalue weighted by molar-refractivity contribution is 5.19. The van der Waals surface area contributed by atoms with Crippen molar-refractivity contribution in [2.24, 2.45) is 0 Å². The van der Waals surface area contributed by atoms with Crippen molar-refractivity contribution >= 4 is 0 Å². The lowest BCUT2D eigenvalue weighted by molar-refractivity contribution is 0.0532. The number of hydrogen-bond donors (Lipinski definition) is 0. The molecule has 2 aromatic carbocycles. The van der Waals surface area contributed by atoms with E-state index in [1.165, 1.54) is 37.1 Å². The monoisotopic (exact) mass is 308 g/mol. The highest BCUT2D eigenvalue weighted by Crippen LogP contribution is 2.31. The zero-order valence-electron chi connectivity index (χ0n) is 14.4. The molecule has 0 bridgehead atoms. The lowest BCUT2D eigenvalue weighted by Crippen LogP contribution is -2.53. The first-order valence-electron chi connectivity index (χ1n) is 8.66. The zero-order valence-corrected chi connectivity index (χ0v) is 14.4. The molecule has 0 amide bonds. The molecular formula is C21H28N2. The summed E-state index contributed by atoms with van der Waals surface area (Å²) in [4.78, 5) is 5.06. The Morgan fingerprint density at radius 3 is 1.87 bits per heavy atom. The van der Waals surface area contributed by atoms with Crippen molar-refractivity contribution in [1.82, 2.24) is 9.80 Å². The van der Waals surface area contributed by atoms with Gasteiger partial charge in [0.2, 0.25) is 0 Å². The van der Waals surface area contributed by atoms with Crippen molar-refractivity contribution < 1.29 is 0 Å². The number of likely N-dealkylation sites (N-methyl/N-ethyl adjacent to an activating group) is 1. The smallest absolute Gasteiger partial charge is 0.0268 e. The lowest BCUT2D eigenvalue weighted by Gasteiger charge is -2.46. The van der Waals surface area contributed by atoms with Crippen LogP contribution in [0.1, 0.15) is 24.0 Å². The van der Waals surface area contributed by atoms with Crippen molar-refractivity contribution in [2.75, 3.05) is 27.2 Å². The molecule has 0 aromatic heterocycles. The zero-order chi connectivity index (χ0) is 16.1. The van der Waals surface area contributed by atoms with E-state index in [2.05, 4.69) is 84.6 Å². The molecule has 1 saturated heterocycles. The van der Waals surface area contributed by atoms with Crippen LogP contribution in [0.15, 0.2) is 60.7 Å². The molecule has 122 valence electrons. The van der Waals surface area contributed by atoms with Crippen LogP contribution >= 0.6 is 0 Å². The Morgan fingerprint density at radius 1 is 0.826 bits per heavy atom. The van der Waals surface area contributed by atoms with Crippen LogP contribution in [0.25, 0.3) is 0 Å². The van der Waals surface area contributed by atoms with Gasteiger partial charge in [0.1, 0.15) is 0 Å². The summed E-state index contributed by atoms with van der Waals surface area (Å²) in [5.74, 6) is 0. The molecule has 1 aliphatic rings. The van der Waals surface area contributed by atoms with Crippen LogP contribution in [0.4, 0.5) is 0 Å². The average Bonchev–Trinajstić information content (AvgIpc) is 2.58. The standard InChI is InChI=1S/C21H28N2/c1-22(2)21(17-19-9-5-3-6-10-19)13-15-23(16-14-21)18-20-11-7-4-8-12-20/h3-12H,13-18H2,1-2H3. The Labute approximate surface area is 140 Å². The average molecular weight is 308 g/mol. The van der Waals surface area contributed by atoms with Crippen LogP contribution in [0.2, 0.25) is 0 Å². The van der Waals surface area contributed by atoms with Gasteiger partial charge in [0.05, 0.1) is 0 Å². The number of nitrogens with zero attached hydrogens (tertiary/aromatic N) is 2. The summed E-state index contributed by atoms with van der Waals surface area (Å²) in [5.41, 5.74) is 3.18. The van der Waals surface area contributed by atoms with Crippen LogP contribution in [0.5, 0.6) is 0 Å². The second kappa shape index (κ2) is 7.29. The minimum Gasteiger partial charge on any atom is -0.303 e. The highest BCUT2D eigenvalue weighted by atomic mass is 15.2. The SMILES string of the molecule is CN(C)C1(Cc2ccccc2)CCN(Cc2ccccc2)CC1. The molecule has 0 spiro atoms. The van der Waals surface area contributed by atoms with Gasteiger partial charge in [0.25, 0.3) is 0 Å². The van der Waals surface area contributed by atoms with E-state index < -0.39 is 0 Å². The van der Waals surface area contributed by atoms with Gasteiger partial charge in [-0.15, -0.1) is 0 Å². The number of rotatable bonds is 5. The molecule has 2 heteroatoms. The van der Waals surface area contributed by atoms with Crippen LogP contribution < -0.4 is 0 Å². The quantitative estimate of drug-likeness (QED) is 0.828. The summed E-state index contributed by atoms with van der Waals surface area (Å²) in [5, 5.41) is 0. The maximum atomic E-state index is 2.60. The summed E-state index contributed by atoms with van der Waals surface area (Å²) in [6.07, 6.45) is 3.63. The van der Waals surface area contributed by atoms with Gasteiger partial charge in [-0.3, -0.25) is 4.90 Å². The van der Waals surface area contributed by atoms with Crippen molar-refractivity contribution in [3.05, 3.63) is 71.8 Å². The Bertz CT molecular complexity index is 584. The van der Waals surface area contributed by atoms with E-state index in [0.717, 1.165) is 13.0 Å². The van der Waals surface area contributed by atoms with Crippen molar-refractivity contribution in [3.63, 3.8) is 0 Å². The number of hydrogen-bond acceptors (Lipinski definition) is 2. The summed E-state index contributed by atoms with van der Waals surface area (Å²) in [6, 6.07) is 21.8. The predicted octanol–water partition coefficient (Wildman–Crippen LogP) is 3.83. The minimum atomic E-state index is 0.300. The second-order valence-electron chi connectivity index (χ2n) is 7.04. The van der Waals surface area contributed by atoms with E-state index in [1.807, 2.05) is 0 Å². The molecule has 0 aliphatic carbocycles. The summed E-state index contributed by atoms with van der Waals surface area (Å²) >= 11 is 0. The Morgan fingerprint density at radius 2 is 1.35 bits per heavy atom.